The Hall–Kier alpha value is -1.65. The fourth-order valence-electron chi connectivity index (χ4n) is 1.78. The van der Waals surface area contributed by atoms with E-state index in [1.807, 2.05) is 49.4 Å². The van der Waals surface area contributed by atoms with E-state index in [0.29, 0.717) is 11.6 Å². The highest BCUT2D eigenvalue weighted by atomic mass is 35.5. The summed E-state index contributed by atoms with van der Waals surface area (Å²) in [5.41, 5.74) is 0.815. The van der Waals surface area contributed by atoms with Crippen LogP contribution in [0.3, 0.4) is 0 Å². The summed E-state index contributed by atoms with van der Waals surface area (Å²) in [5, 5.41) is 3.41. The zero-order chi connectivity index (χ0) is 15.8. The molecule has 0 aliphatic carbocycles. The Bertz CT molecular complexity index is 607. The van der Waals surface area contributed by atoms with Crippen molar-refractivity contribution in [2.45, 2.75) is 12.2 Å². The number of nitrogens with one attached hydrogen (secondary N) is 1. The van der Waals surface area contributed by atoms with Gasteiger partial charge in [0.1, 0.15) is 5.75 Å². The third-order valence-corrected chi connectivity index (χ3v) is 4.28. The molecule has 1 atom stereocenters. The topological polar surface area (TPSA) is 38.3 Å². The van der Waals surface area contributed by atoms with E-state index in [1.54, 1.807) is 23.9 Å². The van der Waals surface area contributed by atoms with E-state index >= 15 is 0 Å². The van der Waals surface area contributed by atoms with Crippen molar-refractivity contribution in [3.05, 3.63) is 59.6 Å². The van der Waals surface area contributed by atoms with Crippen LogP contribution >= 0.6 is 23.4 Å². The van der Waals surface area contributed by atoms with Gasteiger partial charge in [-0.25, -0.2) is 0 Å². The van der Waals surface area contributed by atoms with E-state index in [-0.39, 0.29) is 11.2 Å². The third-order valence-electron chi connectivity index (χ3n) is 2.93. The average Bonchev–Trinajstić information content (AvgIpc) is 2.52. The van der Waals surface area contributed by atoms with Crippen LogP contribution in [0.15, 0.2) is 54.6 Å². The summed E-state index contributed by atoms with van der Waals surface area (Å²) in [5.74, 6) is 1.48. The minimum atomic E-state index is -0.136. The van der Waals surface area contributed by atoms with Crippen molar-refractivity contribution >= 4 is 35.0 Å². The number of benzene rings is 2. The SMILES string of the molecule is CC(SCCOc1cccc(Cl)c1)C(=O)Nc1ccccc1. The summed E-state index contributed by atoms with van der Waals surface area (Å²) in [6, 6.07) is 16.7. The minimum absolute atomic E-state index is 0.000967. The van der Waals surface area contributed by atoms with E-state index < -0.39 is 0 Å². The first-order valence-electron chi connectivity index (χ1n) is 7.01. The number of anilines is 1. The molecule has 2 rings (SSSR count). The molecule has 116 valence electrons. The molecule has 2 aromatic carbocycles. The van der Waals surface area contributed by atoms with E-state index in [9.17, 15) is 4.79 Å². The molecule has 1 N–H and O–H groups in total. The molecule has 3 nitrogen and oxygen atoms in total. The Morgan fingerprint density at radius 3 is 2.73 bits per heavy atom. The molecule has 1 amide bonds. The summed E-state index contributed by atoms with van der Waals surface area (Å²) in [4.78, 5) is 12.0. The molecule has 22 heavy (non-hydrogen) atoms. The summed E-state index contributed by atoms with van der Waals surface area (Å²) in [6.07, 6.45) is 0. The lowest BCUT2D eigenvalue weighted by atomic mass is 10.3. The summed E-state index contributed by atoms with van der Waals surface area (Å²) < 4.78 is 5.60. The van der Waals surface area contributed by atoms with Gasteiger partial charge in [0.25, 0.3) is 0 Å². The number of halogens is 1. The predicted octanol–water partition coefficient (Wildman–Crippen LogP) is 4.48. The van der Waals surface area contributed by atoms with Crippen molar-refractivity contribution in [1.29, 1.82) is 0 Å². The Kier molecular flexibility index (Phi) is 6.62. The normalized spacial score (nSPS) is 11.7. The maximum Gasteiger partial charge on any atom is 0.237 e. The summed E-state index contributed by atoms with van der Waals surface area (Å²) >= 11 is 7.45. The lowest BCUT2D eigenvalue weighted by Crippen LogP contribution is -2.23. The quantitative estimate of drug-likeness (QED) is 0.758. The second-order valence-corrected chi connectivity index (χ2v) is 6.56. The van der Waals surface area contributed by atoms with Gasteiger partial charge < -0.3 is 10.1 Å². The van der Waals surface area contributed by atoms with Crippen LogP contribution in [0.5, 0.6) is 5.75 Å². The van der Waals surface area contributed by atoms with Gasteiger partial charge in [-0.3, -0.25) is 4.79 Å². The van der Waals surface area contributed by atoms with Crippen molar-refractivity contribution < 1.29 is 9.53 Å². The first-order chi connectivity index (χ1) is 10.6. The Balaban J connectivity index is 1.69. The fourth-order valence-corrected chi connectivity index (χ4v) is 2.71. The Labute approximate surface area is 140 Å². The number of ether oxygens (including phenoxy) is 1. The van der Waals surface area contributed by atoms with Crippen molar-refractivity contribution in [2.75, 3.05) is 17.7 Å². The molecule has 0 fully saturated rings. The van der Waals surface area contributed by atoms with Gasteiger partial charge in [0.15, 0.2) is 0 Å². The van der Waals surface area contributed by atoms with Crippen LogP contribution in [0.2, 0.25) is 5.02 Å². The molecule has 0 aliphatic heterocycles. The van der Waals surface area contributed by atoms with Crippen molar-refractivity contribution in [3.63, 3.8) is 0 Å². The molecule has 0 saturated heterocycles. The molecular formula is C17H18ClNO2S. The molecule has 0 radical (unpaired) electrons. The van der Waals surface area contributed by atoms with Crippen LogP contribution in [-0.2, 0) is 4.79 Å². The zero-order valence-corrected chi connectivity index (χ0v) is 13.9. The van der Waals surface area contributed by atoms with E-state index in [1.165, 1.54) is 0 Å². The van der Waals surface area contributed by atoms with Gasteiger partial charge in [0, 0.05) is 16.5 Å². The van der Waals surface area contributed by atoms with Gasteiger partial charge >= 0.3 is 0 Å². The van der Waals surface area contributed by atoms with Crippen LogP contribution in [0, 0.1) is 0 Å². The molecule has 0 aliphatic rings. The van der Waals surface area contributed by atoms with Crippen LogP contribution in [0.1, 0.15) is 6.92 Å². The van der Waals surface area contributed by atoms with Gasteiger partial charge in [-0.1, -0.05) is 35.9 Å². The second kappa shape index (κ2) is 8.71. The number of hydrogen-bond acceptors (Lipinski definition) is 3. The van der Waals surface area contributed by atoms with Gasteiger partial charge in [-0.05, 0) is 37.3 Å². The van der Waals surface area contributed by atoms with Crippen molar-refractivity contribution in [1.82, 2.24) is 0 Å². The maximum absolute atomic E-state index is 12.0. The number of carbonyl (C=O) groups excluding carboxylic acids is 1. The number of para-hydroxylation sites is 1. The molecule has 0 bridgehead atoms. The molecule has 5 heteroatoms. The molecule has 1 unspecified atom stereocenters. The zero-order valence-electron chi connectivity index (χ0n) is 12.3. The van der Waals surface area contributed by atoms with Crippen LogP contribution < -0.4 is 10.1 Å². The van der Waals surface area contributed by atoms with E-state index in [0.717, 1.165) is 17.2 Å². The molecule has 0 aromatic heterocycles. The molecular weight excluding hydrogens is 318 g/mol. The number of rotatable bonds is 7. The molecule has 0 heterocycles. The first-order valence-corrected chi connectivity index (χ1v) is 8.44. The average molecular weight is 336 g/mol. The number of thioether (sulfide) groups is 1. The van der Waals surface area contributed by atoms with Crippen molar-refractivity contribution in [2.24, 2.45) is 0 Å². The van der Waals surface area contributed by atoms with Gasteiger partial charge in [0.2, 0.25) is 5.91 Å². The smallest absolute Gasteiger partial charge is 0.237 e. The Morgan fingerprint density at radius 2 is 2.00 bits per heavy atom. The summed E-state index contributed by atoms with van der Waals surface area (Å²) in [6.45, 7) is 2.43. The standard InChI is InChI=1S/C17H18ClNO2S/c1-13(17(20)19-15-7-3-2-4-8-15)22-11-10-21-16-9-5-6-14(18)12-16/h2-9,12-13H,10-11H2,1H3,(H,19,20). The lowest BCUT2D eigenvalue weighted by molar-refractivity contribution is -0.115. The second-order valence-electron chi connectivity index (χ2n) is 4.67. The van der Waals surface area contributed by atoms with Gasteiger partial charge in [-0.2, -0.15) is 0 Å². The minimum Gasteiger partial charge on any atom is -0.493 e. The highest BCUT2D eigenvalue weighted by Crippen LogP contribution is 2.18. The first kappa shape index (κ1) is 16.7. The lowest BCUT2D eigenvalue weighted by Gasteiger charge is -2.12. The fraction of sp³-hybridized carbons (Fsp3) is 0.235. The third kappa shape index (κ3) is 5.62. The highest BCUT2D eigenvalue weighted by Gasteiger charge is 2.13. The van der Waals surface area contributed by atoms with E-state index in [2.05, 4.69) is 5.32 Å². The number of hydrogen-bond donors (Lipinski definition) is 1. The van der Waals surface area contributed by atoms with Gasteiger partial charge in [-0.15, -0.1) is 11.8 Å². The monoisotopic (exact) mass is 335 g/mol. The molecule has 0 spiro atoms. The number of carbonyl (C=O) groups is 1. The largest absolute Gasteiger partial charge is 0.493 e. The maximum atomic E-state index is 12.0. The Morgan fingerprint density at radius 1 is 1.23 bits per heavy atom. The predicted molar refractivity (Wildman–Crippen MR) is 93.9 cm³/mol. The van der Waals surface area contributed by atoms with Gasteiger partial charge in [0.05, 0.1) is 11.9 Å². The van der Waals surface area contributed by atoms with Crippen LogP contribution in [-0.4, -0.2) is 23.5 Å². The highest BCUT2D eigenvalue weighted by molar-refractivity contribution is 8.00. The van der Waals surface area contributed by atoms with E-state index in [4.69, 9.17) is 16.3 Å². The van der Waals surface area contributed by atoms with Crippen molar-refractivity contribution in [3.8, 4) is 5.75 Å². The molecule has 0 saturated carbocycles. The summed E-state index contributed by atoms with van der Waals surface area (Å²) in [7, 11) is 0. The van der Waals surface area contributed by atoms with Crippen LogP contribution in [0.4, 0.5) is 5.69 Å². The number of amides is 1. The molecule has 2 aromatic rings. The van der Waals surface area contributed by atoms with Crippen LogP contribution in [0.25, 0.3) is 0 Å².